The highest BCUT2D eigenvalue weighted by Crippen LogP contribution is 2.49. The largest absolute Gasteiger partial charge is 0.481 e. The van der Waals surface area contributed by atoms with Gasteiger partial charge < -0.3 is 24.8 Å². The molecule has 0 bridgehead atoms. The maximum absolute atomic E-state index is 13.5. The van der Waals surface area contributed by atoms with Crippen LogP contribution in [-0.4, -0.2) is 53.7 Å². The van der Waals surface area contributed by atoms with Gasteiger partial charge in [-0.2, -0.15) is 0 Å². The Morgan fingerprint density at radius 2 is 1.50 bits per heavy atom. The number of carboxylic acid groups (broad SMARTS) is 1. The van der Waals surface area contributed by atoms with E-state index in [0.29, 0.717) is 5.56 Å². The second-order valence-corrected chi connectivity index (χ2v) is 12.3. The number of hydrogen-bond donors (Lipinski definition) is 3. The Hall–Kier alpha value is -3.94. The van der Waals surface area contributed by atoms with Crippen molar-refractivity contribution in [2.24, 2.45) is 5.92 Å². The van der Waals surface area contributed by atoms with Gasteiger partial charge in [0.1, 0.15) is 12.4 Å². The van der Waals surface area contributed by atoms with Gasteiger partial charge in [-0.05, 0) is 40.7 Å². The van der Waals surface area contributed by atoms with Crippen LogP contribution in [0.15, 0.2) is 78.9 Å². The molecule has 40 heavy (non-hydrogen) atoms. The first-order valence-electron chi connectivity index (χ1n) is 13.0. The number of methoxy groups -OCH3 is 1. The molecule has 10 heteroatoms. The van der Waals surface area contributed by atoms with Crippen LogP contribution in [0.4, 0.5) is 4.79 Å². The highest BCUT2D eigenvalue weighted by atomic mass is 31.2. The second-order valence-electron chi connectivity index (χ2n) is 9.76. The van der Waals surface area contributed by atoms with Crippen LogP contribution in [0.3, 0.4) is 0 Å². The Balaban J connectivity index is 1.47. The average Bonchev–Trinajstić information content (AvgIpc) is 3.27. The van der Waals surface area contributed by atoms with E-state index >= 15 is 0 Å². The molecular weight excluding hydrogens is 533 g/mol. The fraction of sp³-hybridized carbons (Fsp3) is 0.300. The SMILES string of the molecule is COC(=O)CCC(NC(=O)OCC1c2ccccc2-c2ccccc21)P(=O)(O)CC(Cc1ccccc1)C(=O)O. The molecule has 0 saturated heterocycles. The number of carbonyl (C=O) groups excluding carboxylic acids is 2. The lowest BCUT2D eigenvalue weighted by atomic mass is 9.98. The molecule has 3 N–H and O–H groups in total. The molecule has 3 unspecified atom stereocenters. The summed E-state index contributed by atoms with van der Waals surface area (Å²) in [7, 11) is -3.14. The number of aliphatic carboxylic acids is 1. The number of esters is 1. The zero-order chi connectivity index (χ0) is 28.7. The molecule has 4 rings (SSSR count). The van der Waals surface area contributed by atoms with Gasteiger partial charge >= 0.3 is 18.0 Å². The quantitative estimate of drug-likeness (QED) is 0.206. The topological polar surface area (TPSA) is 139 Å². The summed E-state index contributed by atoms with van der Waals surface area (Å²) in [4.78, 5) is 47.7. The van der Waals surface area contributed by atoms with Gasteiger partial charge in [0, 0.05) is 18.5 Å². The number of ether oxygens (including phenoxy) is 2. The summed E-state index contributed by atoms with van der Waals surface area (Å²) in [5.41, 5.74) is 4.83. The van der Waals surface area contributed by atoms with Gasteiger partial charge in [0.15, 0.2) is 0 Å². The summed E-state index contributed by atoms with van der Waals surface area (Å²) in [6.07, 6.45) is -1.95. The van der Waals surface area contributed by atoms with E-state index < -0.39 is 43.3 Å². The highest BCUT2D eigenvalue weighted by molar-refractivity contribution is 7.58. The molecule has 3 aromatic rings. The molecule has 0 radical (unpaired) electrons. The van der Waals surface area contributed by atoms with Crippen molar-refractivity contribution in [2.45, 2.75) is 31.0 Å². The Morgan fingerprint density at radius 3 is 2.08 bits per heavy atom. The summed E-state index contributed by atoms with van der Waals surface area (Å²) < 4.78 is 23.7. The minimum atomic E-state index is -4.33. The number of benzene rings is 3. The van der Waals surface area contributed by atoms with E-state index in [2.05, 4.69) is 10.1 Å². The third kappa shape index (κ3) is 6.97. The van der Waals surface area contributed by atoms with Crippen molar-refractivity contribution in [3.05, 3.63) is 95.6 Å². The Bertz CT molecular complexity index is 1360. The van der Waals surface area contributed by atoms with Crippen molar-refractivity contribution in [3.63, 3.8) is 0 Å². The first-order chi connectivity index (χ1) is 19.2. The Morgan fingerprint density at radius 1 is 0.925 bits per heavy atom. The van der Waals surface area contributed by atoms with Crippen molar-refractivity contribution in [1.82, 2.24) is 5.32 Å². The number of fused-ring (bicyclic) bond motifs is 3. The lowest BCUT2D eigenvalue weighted by molar-refractivity contribution is -0.141. The number of carbonyl (C=O) groups is 3. The molecule has 0 saturated carbocycles. The van der Waals surface area contributed by atoms with Crippen LogP contribution in [-0.2, 0) is 30.0 Å². The smallest absolute Gasteiger partial charge is 0.407 e. The number of amides is 1. The number of carboxylic acids is 1. The van der Waals surface area contributed by atoms with Crippen LogP contribution in [0.25, 0.3) is 11.1 Å². The van der Waals surface area contributed by atoms with Gasteiger partial charge in [0.2, 0.25) is 7.37 Å². The molecule has 1 aliphatic carbocycles. The highest BCUT2D eigenvalue weighted by Gasteiger charge is 2.38. The van der Waals surface area contributed by atoms with Gasteiger partial charge in [-0.1, -0.05) is 78.9 Å². The van der Waals surface area contributed by atoms with E-state index in [0.717, 1.165) is 22.3 Å². The molecule has 1 aliphatic rings. The molecule has 0 aromatic heterocycles. The average molecular weight is 566 g/mol. The van der Waals surface area contributed by atoms with Crippen molar-refractivity contribution >= 4 is 25.4 Å². The molecule has 0 aliphatic heterocycles. The van der Waals surface area contributed by atoms with Gasteiger partial charge in [0.05, 0.1) is 13.0 Å². The molecule has 9 nitrogen and oxygen atoms in total. The molecule has 0 spiro atoms. The van der Waals surface area contributed by atoms with E-state index in [-0.39, 0.29) is 31.8 Å². The van der Waals surface area contributed by atoms with Crippen LogP contribution in [0.5, 0.6) is 0 Å². The Labute approximate surface area is 232 Å². The zero-order valence-corrected chi connectivity index (χ0v) is 23.0. The van der Waals surface area contributed by atoms with Gasteiger partial charge in [-0.25, -0.2) is 4.79 Å². The minimum absolute atomic E-state index is 0.00886. The van der Waals surface area contributed by atoms with E-state index in [1.165, 1.54) is 7.11 Å². The molecule has 0 fully saturated rings. The summed E-state index contributed by atoms with van der Waals surface area (Å²) in [5, 5.41) is 12.2. The minimum Gasteiger partial charge on any atom is -0.481 e. The lowest BCUT2D eigenvalue weighted by Crippen LogP contribution is -2.38. The summed E-state index contributed by atoms with van der Waals surface area (Å²) in [6.45, 7) is -0.00886. The predicted octanol–water partition coefficient (Wildman–Crippen LogP) is 5.02. The number of hydrogen-bond acceptors (Lipinski definition) is 6. The fourth-order valence-electron chi connectivity index (χ4n) is 5.08. The van der Waals surface area contributed by atoms with Gasteiger partial charge in [0.25, 0.3) is 0 Å². The first kappa shape index (κ1) is 29.1. The number of rotatable bonds is 12. The molecule has 0 heterocycles. The third-order valence-corrected chi connectivity index (χ3v) is 9.45. The van der Waals surface area contributed by atoms with E-state index in [1.807, 2.05) is 48.5 Å². The van der Waals surface area contributed by atoms with Crippen LogP contribution >= 0.6 is 7.37 Å². The van der Waals surface area contributed by atoms with Crippen molar-refractivity contribution in [1.29, 1.82) is 0 Å². The van der Waals surface area contributed by atoms with Crippen molar-refractivity contribution < 1.29 is 38.4 Å². The van der Waals surface area contributed by atoms with Gasteiger partial charge in [-0.15, -0.1) is 0 Å². The van der Waals surface area contributed by atoms with Crippen molar-refractivity contribution in [3.8, 4) is 11.1 Å². The monoisotopic (exact) mass is 565 g/mol. The van der Waals surface area contributed by atoms with Crippen molar-refractivity contribution in [2.75, 3.05) is 19.9 Å². The maximum Gasteiger partial charge on any atom is 0.407 e. The number of alkyl carbamates (subject to hydrolysis) is 1. The third-order valence-electron chi connectivity index (χ3n) is 7.12. The molecular formula is C30H32NO8P. The second kappa shape index (κ2) is 12.9. The fourth-order valence-corrected chi connectivity index (χ4v) is 7.09. The maximum atomic E-state index is 13.5. The molecule has 1 amide bonds. The zero-order valence-electron chi connectivity index (χ0n) is 22.1. The van der Waals surface area contributed by atoms with Crippen LogP contribution in [0.2, 0.25) is 0 Å². The van der Waals surface area contributed by atoms with Crippen LogP contribution in [0.1, 0.15) is 35.4 Å². The summed E-state index contributed by atoms with van der Waals surface area (Å²) >= 11 is 0. The van der Waals surface area contributed by atoms with E-state index in [4.69, 9.17) is 4.74 Å². The van der Waals surface area contributed by atoms with E-state index in [9.17, 15) is 28.9 Å². The van der Waals surface area contributed by atoms with Crippen LogP contribution in [0, 0.1) is 5.92 Å². The Kier molecular flexibility index (Phi) is 9.40. The lowest BCUT2D eigenvalue weighted by Gasteiger charge is -2.26. The predicted molar refractivity (Wildman–Crippen MR) is 149 cm³/mol. The summed E-state index contributed by atoms with van der Waals surface area (Å²) in [6, 6.07) is 24.4. The standard InChI is InChI=1S/C30H32NO8P/c1-38-28(32)16-15-27(40(36,37)19-21(29(33)34)17-20-9-3-2-4-10-20)31-30(35)39-18-26-24-13-7-5-11-22(24)23-12-6-8-14-25(23)26/h2-14,21,26-27H,15-19H2,1H3,(H,31,35)(H,33,34)(H,36,37). The molecule has 3 aromatic carbocycles. The molecule has 3 atom stereocenters. The normalized spacial score (nSPS) is 15.2. The molecule has 210 valence electrons. The summed E-state index contributed by atoms with van der Waals surface area (Å²) in [5.74, 6) is -4.65. The van der Waals surface area contributed by atoms with Gasteiger partial charge in [-0.3, -0.25) is 14.2 Å². The van der Waals surface area contributed by atoms with E-state index in [1.54, 1.807) is 30.3 Å². The first-order valence-corrected chi connectivity index (χ1v) is 14.9. The van der Waals surface area contributed by atoms with Crippen LogP contribution < -0.4 is 5.32 Å². The number of nitrogens with one attached hydrogen (secondary N) is 1.